The molecular weight excluding hydrogens is 295 g/mol. The molecule has 1 aromatic carbocycles. The number of para-hydroxylation sites is 1. The average molecular weight is 324 g/mol. The van der Waals surface area contributed by atoms with Gasteiger partial charge in [-0.15, -0.1) is 0 Å². The van der Waals surface area contributed by atoms with Crippen molar-refractivity contribution in [2.45, 2.75) is 20.3 Å². The molecule has 0 saturated heterocycles. The first-order valence-corrected chi connectivity index (χ1v) is 8.24. The Morgan fingerprint density at radius 3 is 2.74 bits per heavy atom. The number of hydrogen-bond acceptors (Lipinski definition) is 3. The molecule has 1 rings (SSSR count). The van der Waals surface area contributed by atoms with E-state index in [1.54, 1.807) is 12.1 Å². The van der Waals surface area contributed by atoms with E-state index in [-0.39, 0.29) is 5.82 Å². The molecule has 130 valence electrons. The summed E-state index contributed by atoms with van der Waals surface area (Å²) in [5, 5.41) is 6.42. The van der Waals surface area contributed by atoms with E-state index in [0.717, 1.165) is 38.6 Å². The number of nitrogens with zero attached hydrogens (tertiary/aromatic N) is 2. The summed E-state index contributed by atoms with van der Waals surface area (Å²) >= 11 is 0. The fourth-order valence-corrected chi connectivity index (χ4v) is 2.11. The molecule has 6 heteroatoms. The van der Waals surface area contributed by atoms with Gasteiger partial charge in [0.15, 0.2) is 5.96 Å². The number of benzene rings is 1. The lowest BCUT2D eigenvalue weighted by atomic mass is 10.2. The molecule has 0 aliphatic carbocycles. The van der Waals surface area contributed by atoms with Gasteiger partial charge in [-0.05, 0) is 32.4 Å². The Kier molecular flexibility index (Phi) is 9.79. The van der Waals surface area contributed by atoms with Crippen LogP contribution in [0.5, 0.6) is 0 Å². The third-order valence-corrected chi connectivity index (χ3v) is 3.27. The Morgan fingerprint density at radius 2 is 2.04 bits per heavy atom. The molecule has 0 aromatic heterocycles. The summed E-state index contributed by atoms with van der Waals surface area (Å²) in [5.74, 6) is 0.602. The third kappa shape index (κ3) is 7.83. The first-order valence-electron chi connectivity index (χ1n) is 8.24. The number of halogens is 1. The van der Waals surface area contributed by atoms with Crippen LogP contribution in [0.1, 0.15) is 20.3 Å². The normalized spacial score (nSPS) is 11.4. The van der Waals surface area contributed by atoms with Crippen LogP contribution in [0.3, 0.4) is 0 Å². The van der Waals surface area contributed by atoms with Gasteiger partial charge in [0.2, 0.25) is 0 Å². The van der Waals surface area contributed by atoms with Crippen LogP contribution in [-0.4, -0.2) is 52.4 Å². The molecule has 23 heavy (non-hydrogen) atoms. The first kappa shape index (κ1) is 19.2. The summed E-state index contributed by atoms with van der Waals surface area (Å²) in [6.07, 6.45) is 0.854. The van der Waals surface area contributed by atoms with E-state index in [9.17, 15) is 4.39 Å². The van der Waals surface area contributed by atoms with Gasteiger partial charge < -0.3 is 20.3 Å². The summed E-state index contributed by atoms with van der Waals surface area (Å²) < 4.78 is 19.0. The van der Waals surface area contributed by atoms with E-state index in [0.29, 0.717) is 18.8 Å². The second-order valence-corrected chi connectivity index (χ2v) is 5.11. The van der Waals surface area contributed by atoms with Gasteiger partial charge in [0, 0.05) is 39.8 Å². The highest BCUT2D eigenvalue weighted by molar-refractivity contribution is 5.79. The standard InChI is InChI=1S/C17H29FN4O/c1-4-19-17(21-12-14-23-5-2)20-11-8-13-22(3)16-10-7-6-9-15(16)18/h6-7,9-10H,4-5,8,11-14H2,1-3H3,(H2,19,20,21). The summed E-state index contributed by atoms with van der Waals surface area (Å²) in [6, 6.07) is 6.82. The van der Waals surface area contributed by atoms with E-state index >= 15 is 0 Å². The third-order valence-electron chi connectivity index (χ3n) is 3.27. The van der Waals surface area contributed by atoms with Crippen molar-refractivity contribution in [1.82, 2.24) is 10.6 Å². The minimum atomic E-state index is -0.190. The zero-order chi connectivity index (χ0) is 16.9. The van der Waals surface area contributed by atoms with Crippen LogP contribution in [0.2, 0.25) is 0 Å². The van der Waals surface area contributed by atoms with Gasteiger partial charge in [-0.2, -0.15) is 0 Å². The lowest BCUT2D eigenvalue weighted by Gasteiger charge is -2.19. The number of ether oxygens (including phenoxy) is 1. The molecule has 0 saturated carbocycles. The highest BCUT2D eigenvalue weighted by atomic mass is 19.1. The van der Waals surface area contributed by atoms with Crippen LogP contribution in [0.4, 0.5) is 10.1 Å². The predicted octanol–water partition coefficient (Wildman–Crippen LogP) is 2.24. The Hall–Kier alpha value is -1.82. The molecule has 0 amide bonds. The lowest BCUT2D eigenvalue weighted by molar-refractivity contribution is 0.152. The molecule has 5 nitrogen and oxygen atoms in total. The smallest absolute Gasteiger partial charge is 0.191 e. The zero-order valence-corrected chi connectivity index (χ0v) is 14.4. The minimum absolute atomic E-state index is 0.190. The number of hydrogen-bond donors (Lipinski definition) is 2. The van der Waals surface area contributed by atoms with Gasteiger partial charge in [-0.1, -0.05) is 12.1 Å². The largest absolute Gasteiger partial charge is 0.380 e. The van der Waals surface area contributed by atoms with Crippen molar-refractivity contribution in [2.24, 2.45) is 4.99 Å². The molecule has 0 unspecified atom stereocenters. The summed E-state index contributed by atoms with van der Waals surface area (Å²) in [4.78, 5) is 6.43. The molecule has 2 N–H and O–H groups in total. The van der Waals surface area contributed by atoms with E-state index in [1.165, 1.54) is 6.07 Å². The number of aliphatic imine (C=N–C) groups is 1. The molecule has 0 heterocycles. The molecule has 0 fully saturated rings. The van der Waals surface area contributed by atoms with Crippen LogP contribution in [-0.2, 0) is 4.74 Å². The molecule has 0 atom stereocenters. The minimum Gasteiger partial charge on any atom is -0.380 e. The van der Waals surface area contributed by atoms with Gasteiger partial charge in [0.1, 0.15) is 5.82 Å². The van der Waals surface area contributed by atoms with Crippen LogP contribution in [0, 0.1) is 5.82 Å². The van der Waals surface area contributed by atoms with E-state index in [2.05, 4.69) is 15.6 Å². The summed E-state index contributed by atoms with van der Waals surface area (Å²) in [5.41, 5.74) is 0.623. The van der Waals surface area contributed by atoms with Crippen molar-refractivity contribution in [3.8, 4) is 0 Å². The van der Waals surface area contributed by atoms with Crippen LogP contribution in [0.15, 0.2) is 29.3 Å². The quantitative estimate of drug-likeness (QED) is 0.394. The Morgan fingerprint density at radius 1 is 1.26 bits per heavy atom. The highest BCUT2D eigenvalue weighted by Crippen LogP contribution is 2.16. The van der Waals surface area contributed by atoms with E-state index in [1.807, 2.05) is 31.9 Å². The molecule has 0 bridgehead atoms. The van der Waals surface area contributed by atoms with Crippen molar-refractivity contribution in [3.63, 3.8) is 0 Å². The van der Waals surface area contributed by atoms with Gasteiger partial charge in [0.05, 0.1) is 12.3 Å². The number of guanidine groups is 1. The van der Waals surface area contributed by atoms with Gasteiger partial charge in [-0.25, -0.2) is 4.39 Å². The predicted molar refractivity (Wildman–Crippen MR) is 94.8 cm³/mol. The van der Waals surface area contributed by atoms with Crippen LogP contribution in [0.25, 0.3) is 0 Å². The molecule has 0 aliphatic heterocycles. The maximum absolute atomic E-state index is 13.7. The summed E-state index contributed by atoms with van der Waals surface area (Å²) in [7, 11) is 1.90. The second kappa shape index (κ2) is 11.7. The Balaban J connectivity index is 2.35. The van der Waals surface area contributed by atoms with Crippen LogP contribution < -0.4 is 15.5 Å². The molecular formula is C17H29FN4O. The van der Waals surface area contributed by atoms with Crippen molar-refractivity contribution < 1.29 is 9.13 Å². The number of nitrogens with one attached hydrogen (secondary N) is 2. The SMILES string of the molecule is CCNC(=NCCCN(C)c1ccccc1F)NCCOCC. The fraction of sp³-hybridized carbons (Fsp3) is 0.588. The average Bonchev–Trinajstić information content (AvgIpc) is 2.55. The molecule has 0 radical (unpaired) electrons. The highest BCUT2D eigenvalue weighted by Gasteiger charge is 2.05. The van der Waals surface area contributed by atoms with Crippen molar-refractivity contribution in [2.75, 3.05) is 51.3 Å². The van der Waals surface area contributed by atoms with Gasteiger partial charge in [0.25, 0.3) is 0 Å². The van der Waals surface area contributed by atoms with Crippen LogP contribution >= 0.6 is 0 Å². The maximum atomic E-state index is 13.7. The molecule has 0 spiro atoms. The van der Waals surface area contributed by atoms with Gasteiger partial charge >= 0.3 is 0 Å². The summed E-state index contributed by atoms with van der Waals surface area (Å²) in [6.45, 7) is 8.38. The van der Waals surface area contributed by atoms with E-state index < -0.39 is 0 Å². The molecule has 0 aliphatic rings. The Bertz CT molecular complexity index is 468. The van der Waals surface area contributed by atoms with Crippen molar-refractivity contribution >= 4 is 11.6 Å². The second-order valence-electron chi connectivity index (χ2n) is 5.11. The topological polar surface area (TPSA) is 48.9 Å². The monoisotopic (exact) mass is 324 g/mol. The zero-order valence-electron chi connectivity index (χ0n) is 14.4. The lowest BCUT2D eigenvalue weighted by Crippen LogP contribution is -2.39. The fourth-order valence-electron chi connectivity index (χ4n) is 2.11. The van der Waals surface area contributed by atoms with E-state index in [4.69, 9.17) is 4.74 Å². The maximum Gasteiger partial charge on any atom is 0.191 e. The van der Waals surface area contributed by atoms with Crippen molar-refractivity contribution in [1.29, 1.82) is 0 Å². The first-order chi connectivity index (χ1) is 11.2. The number of rotatable bonds is 10. The van der Waals surface area contributed by atoms with Crippen molar-refractivity contribution in [3.05, 3.63) is 30.1 Å². The molecule has 1 aromatic rings. The Labute approximate surface area is 138 Å². The van der Waals surface area contributed by atoms with Gasteiger partial charge in [-0.3, -0.25) is 4.99 Å². The number of anilines is 1.